The molecule has 78 valence electrons. The van der Waals surface area contributed by atoms with E-state index >= 15 is 0 Å². The van der Waals surface area contributed by atoms with Gasteiger partial charge < -0.3 is 8.85 Å². The van der Waals surface area contributed by atoms with Gasteiger partial charge in [-0.15, -0.1) is 0 Å². The van der Waals surface area contributed by atoms with E-state index in [2.05, 4.69) is 34.6 Å². The van der Waals surface area contributed by atoms with Crippen LogP contribution in [-0.2, 0) is 8.85 Å². The number of hydrogen-bond donors (Lipinski definition) is 0. The first-order valence-corrected chi connectivity index (χ1v) is 7.35. The smallest absolute Gasteiger partial charge is 0.344 e. The van der Waals surface area contributed by atoms with Crippen molar-refractivity contribution in [1.82, 2.24) is 0 Å². The van der Waals surface area contributed by atoms with Crippen molar-refractivity contribution in [2.24, 2.45) is 5.92 Å². The first-order chi connectivity index (χ1) is 6.10. The summed E-state index contributed by atoms with van der Waals surface area (Å²) >= 11 is 0. The third-order valence-electron chi connectivity index (χ3n) is 3.59. The molecule has 1 rings (SSSR count). The molecule has 3 heteroatoms. The maximum absolute atomic E-state index is 5.92. The molecule has 0 aliphatic carbocycles. The average Bonchev–Trinajstić information content (AvgIpc) is 2.15. The van der Waals surface area contributed by atoms with Gasteiger partial charge in [-0.25, -0.2) is 0 Å². The predicted octanol–water partition coefficient (Wildman–Crippen LogP) is 2.93. The molecule has 0 radical (unpaired) electrons. The minimum atomic E-state index is -1.81. The van der Waals surface area contributed by atoms with Gasteiger partial charge >= 0.3 is 8.56 Å². The summed E-state index contributed by atoms with van der Waals surface area (Å²) in [6.45, 7) is 12.6. The fourth-order valence-corrected chi connectivity index (χ4v) is 7.06. The zero-order valence-corrected chi connectivity index (χ0v) is 10.5. The molecule has 2 nitrogen and oxygen atoms in total. The van der Waals surface area contributed by atoms with E-state index in [0.29, 0.717) is 11.1 Å². The fourth-order valence-electron chi connectivity index (χ4n) is 2.48. The largest absolute Gasteiger partial charge is 0.394 e. The Balaban J connectivity index is 2.67. The number of rotatable bonds is 4. The highest BCUT2D eigenvalue weighted by Gasteiger charge is 2.61. The molecule has 1 fully saturated rings. The first kappa shape index (κ1) is 11.2. The van der Waals surface area contributed by atoms with E-state index in [9.17, 15) is 0 Å². The van der Waals surface area contributed by atoms with Crippen molar-refractivity contribution in [3.8, 4) is 0 Å². The third-order valence-corrected chi connectivity index (χ3v) is 8.66. The van der Waals surface area contributed by atoms with Gasteiger partial charge in [0.05, 0.1) is 0 Å². The minimum Gasteiger partial charge on any atom is -0.394 e. The highest BCUT2D eigenvalue weighted by molar-refractivity contribution is 6.73. The van der Waals surface area contributed by atoms with Crippen molar-refractivity contribution >= 4 is 8.56 Å². The second kappa shape index (κ2) is 4.11. The zero-order chi connectivity index (χ0) is 10.1. The lowest BCUT2D eigenvalue weighted by molar-refractivity contribution is 0.115. The standard InChI is InChI=1S/C10H22O2Si/c1-6-11-13(12-7-2)9(4)8(3)10(13)5/h8-10H,6-7H2,1-5H3. The van der Waals surface area contributed by atoms with Gasteiger partial charge in [-0.2, -0.15) is 0 Å². The van der Waals surface area contributed by atoms with Crippen LogP contribution in [0.15, 0.2) is 0 Å². The zero-order valence-electron chi connectivity index (χ0n) is 9.46. The molecule has 1 aliphatic heterocycles. The normalized spacial score (nSPS) is 37.2. The number of hydrogen-bond acceptors (Lipinski definition) is 2. The molecule has 0 N–H and O–H groups in total. The van der Waals surface area contributed by atoms with Crippen LogP contribution < -0.4 is 0 Å². The lowest BCUT2D eigenvalue weighted by atomic mass is 10.0. The van der Waals surface area contributed by atoms with Crippen LogP contribution >= 0.6 is 0 Å². The predicted molar refractivity (Wildman–Crippen MR) is 57.0 cm³/mol. The molecule has 0 aromatic heterocycles. The van der Waals surface area contributed by atoms with Gasteiger partial charge in [-0.1, -0.05) is 20.8 Å². The molecule has 0 spiro atoms. The molecule has 0 aromatic rings. The Bertz CT molecular complexity index is 154. The van der Waals surface area contributed by atoms with E-state index in [0.717, 1.165) is 19.1 Å². The maximum atomic E-state index is 5.92. The summed E-state index contributed by atoms with van der Waals surface area (Å²) in [5, 5.41) is 0. The third kappa shape index (κ3) is 1.58. The molecule has 0 saturated carbocycles. The van der Waals surface area contributed by atoms with Crippen molar-refractivity contribution in [2.75, 3.05) is 13.2 Å². The van der Waals surface area contributed by atoms with Crippen LogP contribution in [0.3, 0.4) is 0 Å². The van der Waals surface area contributed by atoms with Gasteiger partial charge in [-0.3, -0.25) is 0 Å². The Kier molecular flexibility index (Phi) is 3.55. The van der Waals surface area contributed by atoms with Gasteiger partial charge in [0, 0.05) is 24.3 Å². The summed E-state index contributed by atoms with van der Waals surface area (Å²) in [7, 11) is -1.81. The van der Waals surface area contributed by atoms with E-state index in [4.69, 9.17) is 8.85 Å². The Morgan fingerprint density at radius 2 is 1.31 bits per heavy atom. The fraction of sp³-hybridized carbons (Fsp3) is 1.00. The minimum absolute atomic E-state index is 0.655. The van der Waals surface area contributed by atoms with Gasteiger partial charge in [0.15, 0.2) is 0 Å². The quantitative estimate of drug-likeness (QED) is 0.653. The van der Waals surface area contributed by atoms with Gasteiger partial charge in [-0.05, 0) is 19.8 Å². The van der Waals surface area contributed by atoms with Crippen LogP contribution in [0, 0.1) is 5.92 Å². The molecule has 1 saturated heterocycles. The van der Waals surface area contributed by atoms with Gasteiger partial charge in [0.25, 0.3) is 0 Å². The summed E-state index contributed by atoms with van der Waals surface area (Å²) in [6, 6.07) is 0. The highest BCUT2D eigenvalue weighted by atomic mass is 28.4. The Hall–Kier alpha value is 0.137. The van der Waals surface area contributed by atoms with Crippen LogP contribution in [0.4, 0.5) is 0 Å². The van der Waals surface area contributed by atoms with Crippen molar-refractivity contribution in [1.29, 1.82) is 0 Å². The van der Waals surface area contributed by atoms with Gasteiger partial charge in [0.2, 0.25) is 0 Å². The second-order valence-electron chi connectivity index (χ2n) is 4.02. The highest BCUT2D eigenvalue weighted by Crippen LogP contribution is 2.56. The van der Waals surface area contributed by atoms with Crippen LogP contribution in [0.1, 0.15) is 34.6 Å². The molecule has 1 heterocycles. The van der Waals surface area contributed by atoms with E-state index in [-0.39, 0.29) is 0 Å². The summed E-state index contributed by atoms with van der Waals surface area (Å²) in [5.41, 5.74) is 1.31. The molecule has 0 bridgehead atoms. The molecule has 13 heavy (non-hydrogen) atoms. The molecular weight excluding hydrogens is 180 g/mol. The van der Waals surface area contributed by atoms with Crippen LogP contribution in [0.5, 0.6) is 0 Å². The van der Waals surface area contributed by atoms with Crippen molar-refractivity contribution in [2.45, 2.75) is 45.7 Å². The average molecular weight is 202 g/mol. The Morgan fingerprint density at radius 3 is 1.62 bits per heavy atom. The first-order valence-electron chi connectivity index (χ1n) is 5.38. The van der Waals surface area contributed by atoms with Crippen LogP contribution in [-0.4, -0.2) is 21.8 Å². The Labute approximate surface area is 82.9 Å². The van der Waals surface area contributed by atoms with Crippen LogP contribution in [0.2, 0.25) is 11.1 Å². The van der Waals surface area contributed by atoms with E-state index < -0.39 is 8.56 Å². The van der Waals surface area contributed by atoms with E-state index in [1.54, 1.807) is 0 Å². The summed E-state index contributed by atoms with van der Waals surface area (Å²) in [4.78, 5) is 0. The summed E-state index contributed by atoms with van der Waals surface area (Å²) in [6.07, 6.45) is 0. The SMILES string of the molecule is CCO[Si]1(OCC)C(C)C(C)C1C. The molecular formula is C10H22O2Si. The Morgan fingerprint density at radius 1 is 0.923 bits per heavy atom. The van der Waals surface area contributed by atoms with Crippen molar-refractivity contribution in [3.05, 3.63) is 0 Å². The van der Waals surface area contributed by atoms with Crippen molar-refractivity contribution in [3.63, 3.8) is 0 Å². The summed E-state index contributed by atoms with van der Waals surface area (Å²) < 4.78 is 11.8. The molecule has 0 amide bonds. The van der Waals surface area contributed by atoms with Crippen LogP contribution in [0.25, 0.3) is 0 Å². The lowest BCUT2D eigenvalue weighted by Crippen LogP contribution is -2.61. The van der Waals surface area contributed by atoms with E-state index in [1.165, 1.54) is 0 Å². The van der Waals surface area contributed by atoms with Gasteiger partial charge in [0.1, 0.15) is 0 Å². The molecule has 2 atom stereocenters. The maximum Gasteiger partial charge on any atom is 0.344 e. The molecule has 1 aliphatic rings. The lowest BCUT2D eigenvalue weighted by Gasteiger charge is -2.54. The topological polar surface area (TPSA) is 18.5 Å². The molecule has 0 aromatic carbocycles. The molecule has 2 unspecified atom stereocenters. The second-order valence-corrected chi connectivity index (χ2v) is 7.87. The summed E-state index contributed by atoms with van der Waals surface area (Å²) in [5.74, 6) is 0.768. The van der Waals surface area contributed by atoms with E-state index in [1.807, 2.05) is 0 Å². The monoisotopic (exact) mass is 202 g/mol. The van der Waals surface area contributed by atoms with Crippen molar-refractivity contribution < 1.29 is 8.85 Å².